The van der Waals surface area contributed by atoms with Crippen LogP contribution in [0.1, 0.15) is 34.7 Å². The second kappa shape index (κ2) is 8.65. The number of hydrogen-bond donors (Lipinski definition) is 2. The molecule has 0 aliphatic carbocycles. The maximum Gasteiger partial charge on any atom is 0.174 e. The number of phenolic OH excluding ortho intramolecular Hbond substituents is 1. The molecule has 1 fully saturated rings. The van der Waals surface area contributed by atoms with Gasteiger partial charge in [0.2, 0.25) is 0 Å². The lowest BCUT2D eigenvalue weighted by molar-refractivity contribution is 0.475. The Hall–Kier alpha value is -3.16. The number of aromatic nitrogens is 2. The molecule has 1 aliphatic rings. The number of hydrogen-bond acceptors (Lipinski definition) is 3. The zero-order chi connectivity index (χ0) is 23.1. The van der Waals surface area contributed by atoms with E-state index in [1.165, 1.54) is 5.56 Å². The molecule has 2 atom stereocenters. The lowest BCUT2D eigenvalue weighted by atomic mass is 9.96. The van der Waals surface area contributed by atoms with Crippen LogP contribution in [-0.2, 0) is 0 Å². The highest BCUT2D eigenvalue weighted by Crippen LogP contribution is 2.43. The number of aryl methyl sites for hydroxylation is 1. The number of nitrogens with zero attached hydrogens (tertiary/aromatic N) is 3. The molecule has 1 saturated heterocycles. The van der Waals surface area contributed by atoms with Crippen LogP contribution in [0.3, 0.4) is 0 Å². The van der Waals surface area contributed by atoms with E-state index in [0.29, 0.717) is 5.11 Å². The third-order valence-electron chi connectivity index (χ3n) is 6.10. The van der Waals surface area contributed by atoms with Gasteiger partial charge in [0, 0.05) is 33.4 Å². The normalized spacial score (nSPS) is 17.9. The molecule has 7 heteroatoms. The van der Waals surface area contributed by atoms with Gasteiger partial charge in [-0.3, -0.25) is 4.98 Å². The van der Waals surface area contributed by atoms with Crippen molar-refractivity contribution in [3.05, 3.63) is 106 Å². The van der Waals surface area contributed by atoms with Gasteiger partial charge < -0.3 is 19.9 Å². The van der Waals surface area contributed by atoms with Gasteiger partial charge in [-0.2, -0.15) is 0 Å². The molecule has 2 N–H and O–H groups in total. The van der Waals surface area contributed by atoms with Gasteiger partial charge in [0.1, 0.15) is 5.75 Å². The van der Waals surface area contributed by atoms with Crippen LogP contribution in [0.2, 0.25) is 0 Å². The second-order valence-corrected chi connectivity index (χ2v) is 9.45. The number of aromatic hydroxyl groups is 1. The lowest BCUT2D eigenvalue weighted by Crippen LogP contribution is -2.29. The maximum atomic E-state index is 9.74. The summed E-state index contributed by atoms with van der Waals surface area (Å²) in [7, 11) is 0. The summed E-state index contributed by atoms with van der Waals surface area (Å²) >= 11 is 9.38. The number of rotatable bonds is 4. The van der Waals surface area contributed by atoms with Gasteiger partial charge in [-0.1, -0.05) is 22.0 Å². The molecular weight excluding hydrogens is 496 g/mol. The SMILES string of the molecule is Cc1cc([C@@H]2[C@@H](c3ccccn3)NC(=S)N2c2ccc(Br)cc2)c(C)n1-c1ccc(O)cc1. The minimum absolute atomic E-state index is 0.0781. The fourth-order valence-corrected chi connectivity index (χ4v) is 5.25. The van der Waals surface area contributed by atoms with E-state index in [0.717, 1.165) is 32.9 Å². The van der Waals surface area contributed by atoms with E-state index in [4.69, 9.17) is 12.2 Å². The Morgan fingerprint density at radius 3 is 2.33 bits per heavy atom. The largest absolute Gasteiger partial charge is 0.508 e. The average Bonchev–Trinajstić information content (AvgIpc) is 3.31. The van der Waals surface area contributed by atoms with Crippen LogP contribution in [0.5, 0.6) is 5.75 Å². The lowest BCUT2D eigenvalue weighted by Gasteiger charge is -2.28. The Kier molecular flexibility index (Phi) is 5.68. The molecule has 0 radical (unpaired) electrons. The van der Waals surface area contributed by atoms with E-state index in [1.54, 1.807) is 12.1 Å². The van der Waals surface area contributed by atoms with Gasteiger partial charge in [0.05, 0.1) is 17.8 Å². The minimum atomic E-state index is -0.101. The van der Waals surface area contributed by atoms with Gasteiger partial charge in [-0.05, 0) is 98.4 Å². The fraction of sp³-hybridized carbons (Fsp3) is 0.154. The van der Waals surface area contributed by atoms with Crippen molar-refractivity contribution in [2.75, 3.05) is 4.90 Å². The van der Waals surface area contributed by atoms with Crippen LogP contribution >= 0.6 is 28.1 Å². The molecule has 2 aromatic carbocycles. The summed E-state index contributed by atoms with van der Waals surface area (Å²) in [4.78, 5) is 6.83. The van der Waals surface area contributed by atoms with Crippen molar-refractivity contribution in [1.82, 2.24) is 14.9 Å². The van der Waals surface area contributed by atoms with E-state index in [1.807, 2.05) is 48.7 Å². The Bertz CT molecular complexity index is 1300. The van der Waals surface area contributed by atoms with Gasteiger partial charge in [-0.15, -0.1) is 0 Å². The number of thiocarbonyl (C=S) groups is 1. The minimum Gasteiger partial charge on any atom is -0.508 e. The molecule has 0 spiro atoms. The summed E-state index contributed by atoms with van der Waals surface area (Å²) in [5.74, 6) is 0.253. The average molecular weight is 519 g/mol. The standard InChI is InChI=1S/C26H23BrN4OS/c1-16-15-22(17(2)30(16)19-10-12-21(32)13-11-19)25-24(23-5-3-4-14-28-23)29-26(33)31(25)20-8-6-18(27)7-9-20/h3-15,24-25,32H,1-2H3,(H,29,33)/t24-,25-/m1/s1. The third-order valence-corrected chi connectivity index (χ3v) is 6.94. The molecule has 0 unspecified atom stereocenters. The first kappa shape index (κ1) is 21.7. The molecule has 4 aromatic rings. The zero-order valence-electron chi connectivity index (χ0n) is 18.2. The predicted octanol–water partition coefficient (Wildman–Crippen LogP) is 6.13. The molecule has 5 rings (SSSR count). The fourth-order valence-electron chi connectivity index (χ4n) is 4.64. The molecule has 33 heavy (non-hydrogen) atoms. The van der Waals surface area contributed by atoms with E-state index >= 15 is 0 Å². The zero-order valence-corrected chi connectivity index (χ0v) is 20.6. The summed E-state index contributed by atoms with van der Waals surface area (Å²) in [6.07, 6.45) is 1.82. The van der Waals surface area contributed by atoms with Crippen LogP contribution in [0.4, 0.5) is 5.69 Å². The van der Waals surface area contributed by atoms with Crippen molar-refractivity contribution >= 4 is 38.9 Å². The van der Waals surface area contributed by atoms with Crippen LogP contribution < -0.4 is 10.2 Å². The van der Waals surface area contributed by atoms with Gasteiger partial charge in [-0.25, -0.2) is 0 Å². The molecule has 2 aromatic heterocycles. The van der Waals surface area contributed by atoms with Crippen molar-refractivity contribution in [3.8, 4) is 11.4 Å². The van der Waals surface area contributed by atoms with Crippen LogP contribution in [0, 0.1) is 13.8 Å². The van der Waals surface area contributed by atoms with Gasteiger partial charge in [0.25, 0.3) is 0 Å². The van der Waals surface area contributed by atoms with E-state index in [2.05, 4.69) is 67.7 Å². The van der Waals surface area contributed by atoms with Crippen LogP contribution in [0.15, 0.2) is 83.5 Å². The molecule has 1 aliphatic heterocycles. The first-order valence-corrected chi connectivity index (χ1v) is 11.9. The highest BCUT2D eigenvalue weighted by Gasteiger charge is 2.42. The Morgan fingerprint density at radius 2 is 1.67 bits per heavy atom. The highest BCUT2D eigenvalue weighted by molar-refractivity contribution is 9.10. The molecule has 3 heterocycles. The smallest absolute Gasteiger partial charge is 0.174 e. The summed E-state index contributed by atoms with van der Waals surface area (Å²) < 4.78 is 3.23. The monoisotopic (exact) mass is 518 g/mol. The van der Waals surface area contributed by atoms with Crippen molar-refractivity contribution in [2.24, 2.45) is 0 Å². The van der Waals surface area contributed by atoms with Crippen LogP contribution in [0.25, 0.3) is 5.69 Å². The summed E-state index contributed by atoms with van der Waals surface area (Å²) in [6, 6.07) is 23.5. The van der Waals surface area contributed by atoms with Gasteiger partial charge in [0.15, 0.2) is 5.11 Å². The molecule has 166 valence electrons. The van der Waals surface area contributed by atoms with E-state index in [-0.39, 0.29) is 17.8 Å². The second-order valence-electron chi connectivity index (χ2n) is 8.15. The number of anilines is 1. The molecule has 0 amide bonds. The van der Waals surface area contributed by atoms with Crippen molar-refractivity contribution in [2.45, 2.75) is 25.9 Å². The first-order valence-electron chi connectivity index (χ1n) is 10.7. The number of benzene rings is 2. The van der Waals surface area contributed by atoms with E-state index in [9.17, 15) is 5.11 Å². The molecule has 0 bridgehead atoms. The number of pyridine rings is 1. The van der Waals surface area contributed by atoms with Crippen LogP contribution in [-0.4, -0.2) is 19.8 Å². The Morgan fingerprint density at radius 1 is 0.970 bits per heavy atom. The molecule has 0 saturated carbocycles. The Balaban J connectivity index is 1.67. The summed E-state index contributed by atoms with van der Waals surface area (Å²) in [6.45, 7) is 4.23. The highest BCUT2D eigenvalue weighted by atomic mass is 79.9. The molecular formula is C26H23BrN4OS. The first-order chi connectivity index (χ1) is 15.9. The number of phenols is 1. The van der Waals surface area contributed by atoms with Crippen molar-refractivity contribution in [1.29, 1.82) is 0 Å². The number of nitrogens with one attached hydrogen (secondary N) is 1. The van der Waals surface area contributed by atoms with Crippen molar-refractivity contribution < 1.29 is 5.11 Å². The van der Waals surface area contributed by atoms with Gasteiger partial charge >= 0.3 is 0 Å². The quantitative estimate of drug-likeness (QED) is 0.318. The number of halogens is 1. The molecule has 5 nitrogen and oxygen atoms in total. The predicted molar refractivity (Wildman–Crippen MR) is 139 cm³/mol. The summed E-state index contributed by atoms with van der Waals surface area (Å²) in [5.41, 5.74) is 6.38. The Labute approximate surface area is 206 Å². The third kappa shape index (κ3) is 3.92. The maximum absolute atomic E-state index is 9.74. The van der Waals surface area contributed by atoms with E-state index < -0.39 is 0 Å². The van der Waals surface area contributed by atoms with Crippen molar-refractivity contribution in [3.63, 3.8) is 0 Å². The summed E-state index contributed by atoms with van der Waals surface area (Å²) in [5, 5.41) is 13.9. The topological polar surface area (TPSA) is 53.3 Å².